The Kier molecular flexibility index (Phi) is 6.31. The Labute approximate surface area is 213 Å². The molecule has 1 N–H and O–H groups in total. The van der Waals surface area contributed by atoms with Crippen molar-refractivity contribution in [3.8, 4) is 0 Å². The van der Waals surface area contributed by atoms with Gasteiger partial charge in [0.25, 0.3) is 12.3 Å². The zero-order valence-electron chi connectivity index (χ0n) is 21.1. The number of hydrogen-bond donors (Lipinski definition) is 1. The largest absolute Gasteiger partial charge is 0.374 e. The molecule has 3 aromatic rings. The number of halogens is 2. The molecule has 3 aliphatic rings. The number of anilines is 2. The Bertz CT molecular complexity index is 1280. The van der Waals surface area contributed by atoms with Gasteiger partial charge >= 0.3 is 0 Å². The molecule has 3 atom stereocenters. The van der Waals surface area contributed by atoms with Crippen LogP contribution in [-0.2, 0) is 4.74 Å². The number of rotatable bonds is 7. The second kappa shape index (κ2) is 9.64. The van der Waals surface area contributed by atoms with Crippen LogP contribution < -0.4 is 10.2 Å². The fraction of sp³-hybridized carbons (Fsp3) is 0.600. The van der Waals surface area contributed by atoms with E-state index in [1.165, 1.54) is 16.9 Å². The van der Waals surface area contributed by atoms with Crippen molar-refractivity contribution in [2.45, 2.75) is 70.2 Å². The highest BCUT2D eigenvalue weighted by Gasteiger charge is 2.39. The van der Waals surface area contributed by atoms with E-state index in [0.717, 1.165) is 51.1 Å². The fourth-order valence-corrected chi connectivity index (χ4v) is 5.75. The molecule has 1 amide bonds. The Morgan fingerprint density at radius 3 is 2.76 bits per heavy atom. The predicted molar refractivity (Wildman–Crippen MR) is 133 cm³/mol. The molecule has 0 aromatic carbocycles. The van der Waals surface area contributed by atoms with E-state index in [4.69, 9.17) is 9.72 Å². The van der Waals surface area contributed by atoms with Gasteiger partial charge in [-0.05, 0) is 38.7 Å². The van der Waals surface area contributed by atoms with E-state index in [0.29, 0.717) is 18.3 Å². The van der Waals surface area contributed by atoms with Gasteiger partial charge in [-0.1, -0.05) is 6.92 Å². The Balaban J connectivity index is 1.21. The van der Waals surface area contributed by atoms with Crippen molar-refractivity contribution >= 4 is 23.1 Å². The van der Waals surface area contributed by atoms with E-state index in [1.54, 1.807) is 10.9 Å². The smallest absolute Gasteiger partial charge is 0.284 e. The number of hydrogen-bond acceptors (Lipinski definition) is 7. The van der Waals surface area contributed by atoms with Gasteiger partial charge in [-0.25, -0.2) is 18.3 Å². The summed E-state index contributed by atoms with van der Waals surface area (Å²) in [4.78, 5) is 22.5. The second-order valence-corrected chi connectivity index (χ2v) is 10.3. The van der Waals surface area contributed by atoms with Crippen LogP contribution in [0, 0.1) is 0 Å². The van der Waals surface area contributed by atoms with Crippen molar-refractivity contribution in [1.82, 2.24) is 29.3 Å². The number of piperidine rings is 1. The van der Waals surface area contributed by atoms with Crippen molar-refractivity contribution in [2.24, 2.45) is 0 Å². The van der Waals surface area contributed by atoms with Gasteiger partial charge in [-0.2, -0.15) is 10.2 Å². The summed E-state index contributed by atoms with van der Waals surface area (Å²) in [5.41, 5.74) is 0.198. The molecular formula is C25H32F2N8O2. The summed E-state index contributed by atoms with van der Waals surface area (Å²) in [6.45, 7) is 7.59. The van der Waals surface area contributed by atoms with E-state index in [2.05, 4.69) is 39.2 Å². The van der Waals surface area contributed by atoms with E-state index in [1.807, 2.05) is 6.07 Å². The minimum atomic E-state index is -2.81. The molecule has 3 aromatic heterocycles. The van der Waals surface area contributed by atoms with Gasteiger partial charge in [0, 0.05) is 38.1 Å². The Hall–Kier alpha value is -3.12. The monoisotopic (exact) mass is 514 g/mol. The fourth-order valence-electron chi connectivity index (χ4n) is 5.75. The first-order chi connectivity index (χ1) is 17.9. The summed E-state index contributed by atoms with van der Waals surface area (Å²) >= 11 is 0. The van der Waals surface area contributed by atoms with Gasteiger partial charge < -0.3 is 19.9 Å². The van der Waals surface area contributed by atoms with E-state index >= 15 is 0 Å². The lowest BCUT2D eigenvalue weighted by atomic mass is 10.0. The molecule has 1 unspecified atom stereocenters. The molecule has 6 rings (SSSR count). The van der Waals surface area contributed by atoms with E-state index in [-0.39, 0.29) is 29.4 Å². The quantitative estimate of drug-likeness (QED) is 0.516. The molecule has 3 saturated heterocycles. The topological polar surface area (TPSA) is 92.8 Å². The number of carbonyl (C=O) groups excluding carboxylic acids is 1. The summed E-state index contributed by atoms with van der Waals surface area (Å²) in [6.07, 6.45) is 5.81. The first-order valence-electron chi connectivity index (χ1n) is 13.1. The summed E-state index contributed by atoms with van der Waals surface area (Å²) in [5, 5.41) is 11.1. The normalized spacial score (nSPS) is 23.4. The molecule has 0 saturated carbocycles. The maximum absolute atomic E-state index is 13.9. The molecule has 37 heavy (non-hydrogen) atoms. The lowest BCUT2D eigenvalue weighted by molar-refractivity contribution is 0.0988. The average molecular weight is 515 g/mol. The summed E-state index contributed by atoms with van der Waals surface area (Å²) in [6, 6.07) is 2.66. The first kappa shape index (κ1) is 24.2. The zero-order valence-corrected chi connectivity index (χ0v) is 21.1. The molecule has 6 heterocycles. The van der Waals surface area contributed by atoms with Crippen molar-refractivity contribution < 1.29 is 18.3 Å². The number of morpholine rings is 1. The van der Waals surface area contributed by atoms with Crippen LogP contribution in [0.2, 0.25) is 0 Å². The number of carbonyl (C=O) groups is 1. The number of fused-ring (bicyclic) bond motifs is 3. The first-order valence-corrected chi connectivity index (χ1v) is 13.1. The van der Waals surface area contributed by atoms with Crippen LogP contribution in [0.15, 0.2) is 24.7 Å². The molecule has 10 nitrogen and oxygen atoms in total. The molecule has 0 spiro atoms. The van der Waals surface area contributed by atoms with Crippen LogP contribution in [0.5, 0.6) is 0 Å². The lowest BCUT2D eigenvalue weighted by Crippen LogP contribution is -2.40. The third-order valence-corrected chi connectivity index (χ3v) is 8.10. The summed E-state index contributed by atoms with van der Waals surface area (Å²) in [7, 11) is 0. The van der Waals surface area contributed by atoms with E-state index < -0.39 is 18.0 Å². The van der Waals surface area contributed by atoms with Crippen LogP contribution in [0.25, 0.3) is 5.65 Å². The standard InChI is InChI=1S/C25H32F2N8O2/c1-3-15(2)32-7-4-16(5-8-32)35-13-20(22(31-35)23(26)27)29-25(36)19-11-28-34-9-6-21(30-24(19)34)33-12-18-10-17(33)14-37-18/h6,9,11,13,15-18,23H,3-5,7-8,10,12,14H2,1-2H3,(H,29,36)/t15?,17-,18-/m0/s1. The van der Waals surface area contributed by atoms with Crippen LogP contribution in [0.4, 0.5) is 20.3 Å². The van der Waals surface area contributed by atoms with Crippen LogP contribution >= 0.6 is 0 Å². The zero-order chi connectivity index (χ0) is 25.7. The number of alkyl halides is 2. The molecular weight excluding hydrogens is 482 g/mol. The minimum absolute atomic E-state index is 0.0180. The molecule has 198 valence electrons. The maximum atomic E-state index is 13.9. The van der Waals surface area contributed by atoms with Gasteiger partial charge in [0.1, 0.15) is 11.4 Å². The van der Waals surface area contributed by atoms with Gasteiger partial charge in [0.2, 0.25) is 0 Å². The molecule has 12 heteroatoms. The van der Waals surface area contributed by atoms with Crippen LogP contribution in [0.3, 0.4) is 0 Å². The van der Waals surface area contributed by atoms with Crippen LogP contribution in [-0.4, -0.2) is 79.6 Å². The number of amides is 1. The lowest BCUT2D eigenvalue weighted by Gasteiger charge is -2.35. The summed E-state index contributed by atoms with van der Waals surface area (Å²) in [5.74, 6) is 0.210. The van der Waals surface area contributed by atoms with Gasteiger partial charge in [0.05, 0.1) is 36.7 Å². The van der Waals surface area contributed by atoms with Gasteiger partial charge in [-0.3, -0.25) is 9.48 Å². The van der Waals surface area contributed by atoms with Gasteiger partial charge in [-0.15, -0.1) is 0 Å². The Morgan fingerprint density at radius 1 is 1.27 bits per heavy atom. The van der Waals surface area contributed by atoms with Crippen molar-refractivity contribution in [3.63, 3.8) is 0 Å². The molecule has 3 fully saturated rings. The Morgan fingerprint density at radius 2 is 2.08 bits per heavy atom. The summed E-state index contributed by atoms with van der Waals surface area (Å²) < 4.78 is 36.6. The van der Waals surface area contributed by atoms with Crippen molar-refractivity contribution in [3.05, 3.63) is 35.9 Å². The van der Waals surface area contributed by atoms with Crippen molar-refractivity contribution in [1.29, 1.82) is 0 Å². The number of aromatic nitrogens is 5. The van der Waals surface area contributed by atoms with Crippen molar-refractivity contribution in [2.75, 3.05) is 36.5 Å². The number of ether oxygens (including phenoxy) is 1. The van der Waals surface area contributed by atoms with Crippen LogP contribution in [0.1, 0.15) is 68.0 Å². The maximum Gasteiger partial charge on any atom is 0.284 e. The number of nitrogens with one attached hydrogen (secondary N) is 1. The highest BCUT2D eigenvalue weighted by Crippen LogP contribution is 2.33. The van der Waals surface area contributed by atoms with Gasteiger partial charge in [0.15, 0.2) is 11.3 Å². The van der Waals surface area contributed by atoms with E-state index in [9.17, 15) is 13.6 Å². The SMILES string of the molecule is CCC(C)N1CCC(n2cc(NC(=O)c3cnn4ccc(N5C[C@@H]6C[C@H]5CO6)nc34)c(C(F)F)n2)CC1. The minimum Gasteiger partial charge on any atom is -0.374 e. The highest BCUT2D eigenvalue weighted by molar-refractivity contribution is 6.08. The highest BCUT2D eigenvalue weighted by atomic mass is 19.3. The number of likely N-dealkylation sites (tertiary alicyclic amines) is 1. The number of nitrogens with zero attached hydrogens (tertiary/aromatic N) is 7. The average Bonchev–Trinajstić information content (AvgIpc) is 3.71. The molecule has 2 bridgehead atoms. The third kappa shape index (κ3) is 4.46. The third-order valence-electron chi connectivity index (χ3n) is 8.10. The molecule has 0 aliphatic carbocycles. The molecule has 0 radical (unpaired) electrons. The predicted octanol–water partition coefficient (Wildman–Crippen LogP) is 3.53. The second-order valence-electron chi connectivity index (χ2n) is 10.3. The molecule has 3 aliphatic heterocycles.